The topological polar surface area (TPSA) is 46.9 Å². The molecule has 0 fully saturated rings. The number of aromatic nitrogens is 2. The molecule has 124 valence electrons. The standard InChI is InChI=1S/C16H18F3N3O/c1-15(2,3)14(23)20-10-11-4-6-12(7-5-11)22-9-8-13(21-22)16(17,18)19/h4-9H,10H2,1-3H3,(H,20,23). The minimum Gasteiger partial charge on any atom is -0.352 e. The number of nitrogens with zero attached hydrogens (tertiary/aromatic N) is 2. The minimum absolute atomic E-state index is 0.0662. The average Bonchev–Trinajstić information content (AvgIpc) is 2.94. The van der Waals surface area contributed by atoms with Crippen LogP contribution in [0.1, 0.15) is 32.0 Å². The van der Waals surface area contributed by atoms with Gasteiger partial charge in [0.05, 0.1) is 5.69 Å². The van der Waals surface area contributed by atoms with E-state index in [1.807, 2.05) is 20.8 Å². The van der Waals surface area contributed by atoms with E-state index in [0.29, 0.717) is 12.2 Å². The summed E-state index contributed by atoms with van der Waals surface area (Å²) < 4.78 is 38.8. The third kappa shape index (κ3) is 4.34. The number of hydrogen-bond acceptors (Lipinski definition) is 2. The fourth-order valence-electron chi connectivity index (χ4n) is 1.83. The Morgan fingerprint density at radius 3 is 2.22 bits per heavy atom. The average molecular weight is 325 g/mol. The Labute approximate surface area is 132 Å². The lowest BCUT2D eigenvalue weighted by Crippen LogP contribution is -2.34. The first-order valence-electron chi connectivity index (χ1n) is 7.08. The number of rotatable bonds is 3. The summed E-state index contributed by atoms with van der Waals surface area (Å²) in [7, 11) is 0. The van der Waals surface area contributed by atoms with Gasteiger partial charge in [-0.05, 0) is 23.8 Å². The summed E-state index contributed by atoms with van der Waals surface area (Å²) in [6, 6.07) is 7.73. The Bertz CT molecular complexity index is 682. The first-order valence-corrected chi connectivity index (χ1v) is 7.08. The van der Waals surface area contributed by atoms with Crippen LogP contribution in [0.15, 0.2) is 36.5 Å². The first-order chi connectivity index (χ1) is 10.6. The van der Waals surface area contributed by atoms with Gasteiger partial charge < -0.3 is 5.32 Å². The van der Waals surface area contributed by atoms with E-state index >= 15 is 0 Å². The van der Waals surface area contributed by atoms with Crippen molar-refractivity contribution in [3.8, 4) is 5.69 Å². The molecule has 4 nitrogen and oxygen atoms in total. The van der Waals surface area contributed by atoms with Crippen LogP contribution in [0.25, 0.3) is 5.69 Å². The van der Waals surface area contributed by atoms with Crippen molar-refractivity contribution in [2.75, 3.05) is 0 Å². The minimum atomic E-state index is -4.46. The third-order valence-corrected chi connectivity index (χ3v) is 3.21. The van der Waals surface area contributed by atoms with Crippen molar-refractivity contribution in [2.24, 2.45) is 5.41 Å². The van der Waals surface area contributed by atoms with Crippen molar-refractivity contribution in [2.45, 2.75) is 33.5 Å². The summed E-state index contributed by atoms with van der Waals surface area (Å²) >= 11 is 0. The fourth-order valence-corrected chi connectivity index (χ4v) is 1.83. The molecule has 1 heterocycles. The lowest BCUT2D eigenvalue weighted by molar-refractivity contribution is -0.141. The Balaban J connectivity index is 2.05. The van der Waals surface area contributed by atoms with Crippen LogP contribution in [0.2, 0.25) is 0 Å². The van der Waals surface area contributed by atoms with Gasteiger partial charge in [-0.2, -0.15) is 18.3 Å². The Morgan fingerprint density at radius 1 is 1.13 bits per heavy atom. The van der Waals surface area contributed by atoms with Crippen molar-refractivity contribution in [3.05, 3.63) is 47.8 Å². The van der Waals surface area contributed by atoms with Crippen molar-refractivity contribution in [1.82, 2.24) is 15.1 Å². The van der Waals surface area contributed by atoms with E-state index in [1.54, 1.807) is 24.3 Å². The van der Waals surface area contributed by atoms with Crippen LogP contribution in [0.4, 0.5) is 13.2 Å². The second-order valence-corrected chi connectivity index (χ2v) is 6.24. The number of benzene rings is 1. The smallest absolute Gasteiger partial charge is 0.352 e. The molecular weight excluding hydrogens is 307 g/mol. The van der Waals surface area contributed by atoms with Gasteiger partial charge in [0.1, 0.15) is 0 Å². The molecule has 23 heavy (non-hydrogen) atoms. The van der Waals surface area contributed by atoms with E-state index in [1.165, 1.54) is 10.9 Å². The summed E-state index contributed by atoms with van der Waals surface area (Å²) in [5.41, 5.74) is -0.0248. The van der Waals surface area contributed by atoms with Crippen LogP contribution < -0.4 is 5.32 Å². The highest BCUT2D eigenvalue weighted by atomic mass is 19.4. The molecule has 7 heteroatoms. The number of nitrogens with one attached hydrogen (secondary N) is 1. The van der Waals surface area contributed by atoms with E-state index < -0.39 is 17.3 Å². The normalized spacial score (nSPS) is 12.3. The second kappa shape index (κ2) is 6.06. The highest BCUT2D eigenvalue weighted by molar-refractivity contribution is 5.81. The molecule has 0 aliphatic heterocycles. The van der Waals surface area contributed by atoms with E-state index in [4.69, 9.17) is 0 Å². The lowest BCUT2D eigenvalue weighted by atomic mass is 9.95. The number of alkyl halides is 3. The highest BCUT2D eigenvalue weighted by Gasteiger charge is 2.33. The fraction of sp³-hybridized carbons (Fsp3) is 0.375. The van der Waals surface area contributed by atoms with Crippen LogP contribution in [-0.4, -0.2) is 15.7 Å². The molecule has 1 amide bonds. The van der Waals surface area contributed by atoms with Crippen LogP contribution in [0, 0.1) is 5.41 Å². The van der Waals surface area contributed by atoms with Crippen molar-refractivity contribution >= 4 is 5.91 Å². The number of carbonyl (C=O) groups is 1. The number of hydrogen-bond donors (Lipinski definition) is 1. The molecule has 0 aliphatic carbocycles. The predicted octanol–water partition coefficient (Wildman–Crippen LogP) is 3.55. The third-order valence-electron chi connectivity index (χ3n) is 3.21. The van der Waals surface area contributed by atoms with Crippen LogP contribution in [0.5, 0.6) is 0 Å². The Hall–Kier alpha value is -2.31. The molecule has 0 aliphatic rings. The maximum atomic E-state index is 12.5. The van der Waals surface area contributed by atoms with E-state index in [2.05, 4.69) is 10.4 Å². The molecule has 2 aromatic rings. The van der Waals surface area contributed by atoms with Crippen LogP contribution >= 0.6 is 0 Å². The summed E-state index contributed by atoms with van der Waals surface area (Å²) in [5, 5.41) is 6.32. The predicted molar refractivity (Wildman–Crippen MR) is 79.9 cm³/mol. The molecule has 1 N–H and O–H groups in total. The van der Waals surface area contributed by atoms with Crippen molar-refractivity contribution in [1.29, 1.82) is 0 Å². The van der Waals surface area contributed by atoms with E-state index in [9.17, 15) is 18.0 Å². The van der Waals surface area contributed by atoms with Crippen LogP contribution in [0.3, 0.4) is 0 Å². The van der Waals surface area contributed by atoms with Gasteiger partial charge in [-0.25, -0.2) is 4.68 Å². The number of amides is 1. The van der Waals surface area contributed by atoms with Gasteiger partial charge in [-0.3, -0.25) is 4.79 Å². The largest absolute Gasteiger partial charge is 0.435 e. The van der Waals surface area contributed by atoms with Gasteiger partial charge in [0, 0.05) is 18.2 Å². The van der Waals surface area contributed by atoms with Gasteiger partial charge in [0.15, 0.2) is 5.69 Å². The molecule has 1 aromatic heterocycles. The molecule has 0 spiro atoms. The summed E-state index contributed by atoms with van der Waals surface area (Å²) in [5.74, 6) is -0.0662. The number of carbonyl (C=O) groups excluding carboxylic acids is 1. The maximum absolute atomic E-state index is 12.5. The van der Waals surface area contributed by atoms with E-state index in [0.717, 1.165) is 11.6 Å². The molecule has 0 unspecified atom stereocenters. The van der Waals surface area contributed by atoms with Gasteiger partial charge in [0.25, 0.3) is 0 Å². The summed E-state index contributed by atoms with van der Waals surface area (Å²) in [6.07, 6.45) is -3.19. The zero-order valence-electron chi connectivity index (χ0n) is 13.1. The monoisotopic (exact) mass is 325 g/mol. The zero-order valence-corrected chi connectivity index (χ0v) is 13.1. The molecule has 0 saturated carbocycles. The Kier molecular flexibility index (Phi) is 4.49. The van der Waals surface area contributed by atoms with Crippen LogP contribution in [-0.2, 0) is 17.5 Å². The van der Waals surface area contributed by atoms with Crippen molar-refractivity contribution < 1.29 is 18.0 Å². The second-order valence-electron chi connectivity index (χ2n) is 6.24. The zero-order chi connectivity index (χ0) is 17.3. The quantitative estimate of drug-likeness (QED) is 0.938. The van der Waals surface area contributed by atoms with Gasteiger partial charge >= 0.3 is 6.18 Å². The molecule has 0 radical (unpaired) electrons. The highest BCUT2D eigenvalue weighted by Crippen LogP contribution is 2.27. The Morgan fingerprint density at radius 2 is 1.74 bits per heavy atom. The van der Waals surface area contributed by atoms with Gasteiger partial charge in [-0.15, -0.1) is 0 Å². The molecule has 0 atom stereocenters. The summed E-state index contributed by atoms with van der Waals surface area (Å²) in [4.78, 5) is 11.8. The lowest BCUT2D eigenvalue weighted by Gasteiger charge is -2.17. The molecule has 2 rings (SSSR count). The van der Waals surface area contributed by atoms with Crippen molar-refractivity contribution in [3.63, 3.8) is 0 Å². The van der Waals surface area contributed by atoms with Gasteiger partial charge in [0.2, 0.25) is 5.91 Å². The van der Waals surface area contributed by atoms with Gasteiger partial charge in [-0.1, -0.05) is 32.9 Å². The molecular formula is C16H18F3N3O. The first kappa shape index (κ1) is 17.1. The molecule has 1 aromatic carbocycles. The molecule has 0 saturated heterocycles. The van der Waals surface area contributed by atoms with E-state index in [-0.39, 0.29) is 5.91 Å². The molecule has 0 bridgehead atoms. The maximum Gasteiger partial charge on any atom is 0.435 e. The number of halogens is 3. The SMILES string of the molecule is CC(C)(C)C(=O)NCc1ccc(-n2ccc(C(F)(F)F)n2)cc1. The summed E-state index contributed by atoms with van der Waals surface area (Å²) in [6.45, 7) is 5.83.